The fourth-order valence-electron chi connectivity index (χ4n) is 4.21. The molecule has 142 valence electrons. The van der Waals surface area contributed by atoms with E-state index in [4.69, 9.17) is 16.3 Å². The second kappa shape index (κ2) is 6.45. The van der Waals surface area contributed by atoms with Gasteiger partial charge in [-0.05, 0) is 67.1 Å². The largest absolute Gasteiger partial charge is 0.486 e. The first kappa shape index (κ1) is 18.7. The van der Waals surface area contributed by atoms with Crippen molar-refractivity contribution in [1.82, 2.24) is 5.01 Å². The predicted molar refractivity (Wildman–Crippen MR) is 107 cm³/mol. The van der Waals surface area contributed by atoms with Crippen molar-refractivity contribution in [2.45, 2.75) is 32.8 Å². The van der Waals surface area contributed by atoms with Crippen molar-refractivity contribution in [3.63, 3.8) is 0 Å². The first-order chi connectivity index (χ1) is 12.7. The second-order valence-corrected chi connectivity index (χ2v) is 9.54. The highest BCUT2D eigenvalue weighted by molar-refractivity contribution is 9.10. The molecule has 27 heavy (non-hydrogen) atoms. The number of hydrogen-bond donors (Lipinski definition) is 0. The zero-order valence-corrected chi connectivity index (χ0v) is 17.6. The summed E-state index contributed by atoms with van der Waals surface area (Å²) in [5, 5.41) is 5.76. The molecule has 2 amide bonds. The van der Waals surface area contributed by atoms with E-state index >= 15 is 0 Å². The zero-order valence-electron chi connectivity index (χ0n) is 15.3. The van der Waals surface area contributed by atoms with Gasteiger partial charge in [-0.2, -0.15) is 10.1 Å². The highest BCUT2D eigenvalue weighted by Gasteiger charge is 2.59. The van der Waals surface area contributed by atoms with Gasteiger partial charge in [0.1, 0.15) is 11.4 Å². The van der Waals surface area contributed by atoms with E-state index in [-0.39, 0.29) is 35.5 Å². The van der Waals surface area contributed by atoms with Gasteiger partial charge in [-0.1, -0.05) is 23.8 Å². The van der Waals surface area contributed by atoms with E-state index in [1.54, 1.807) is 12.1 Å². The Labute approximate surface area is 171 Å². The number of hydrazone groups is 1. The lowest BCUT2D eigenvalue weighted by Gasteiger charge is -2.23. The van der Waals surface area contributed by atoms with Crippen LogP contribution in [0.15, 0.2) is 33.9 Å². The fourth-order valence-corrected chi connectivity index (χ4v) is 5.13. The normalized spacial score (nSPS) is 29.3. The molecule has 2 aliphatic carbocycles. The third kappa shape index (κ3) is 3.23. The van der Waals surface area contributed by atoms with Crippen LogP contribution >= 0.6 is 27.5 Å². The van der Waals surface area contributed by atoms with Crippen molar-refractivity contribution in [2.24, 2.45) is 28.8 Å². The Hall–Kier alpha value is -1.66. The molecular formula is C20H20BrClN2O3. The van der Waals surface area contributed by atoms with Gasteiger partial charge in [0.15, 0.2) is 0 Å². The number of hydrogen-bond acceptors (Lipinski definition) is 4. The van der Waals surface area contributed by atoms with Crippen LogP contribution in [-0.2, 0) is 9.59 Å². The number of imide groups is 1. The Morgan fingerprint density at radius 1 is 1.19 bits per heavy atom. The maximum atomic E-state index is 12.7. The molecule has 3 aliphatic rings. The van der Waals surface area contributed by atoms with Gasteiger partial charge in [0.2, 0.25) is 0 Å². The molecule has 4 atom stereocenters. The molecular weight excluding hydrogens is 432 g/mol. The number of halogens is 2. The minimum absolute atomic E-state index is 0.164. The number of rotatable bonds is 3. The lowest BCUT2D eigenvalue weighted by Crippen LogP contribution is -2.28. The van der Waals surface area contributed by atoms with Crippen LogP contribution in [0.4, 0.5) is 0 Å². The Bertz CT molecular complexity index is 860. The summed E-state index contributed by atoms with van der Waals surface area (Å²) >= 11 is 9.63. The van der Waals surface area contributed by atoms with Gasteiger partial charge in [-0.3, -0.25) is 9.59 Å². The third-order valence-corrected chi connectivity index (χ3v) is 6.01. The third-order valence-electron chi connectivity index (χ3n) is 5.20. The standard InChI is InChI=1S/C20H20BrClN2O3/c1-20(2,3)27-17-12(7-13(22)8-14(17)21)9-23-24-18(25)15-10-4-5-11(6-10)16(15)19(24)26/h4-5,7-11,15-16H,6H2,1-3H3/t10-,11-,15-,16+/m0/s1. The molecule has 0 spiro atoms. The summed E-state index contributed by atoms with van der Waals surface area (Å²) in [6.07, 6.45) is 6.50. The molecule has 5 nitrogen and oxygen atoms in total. The molecule has 4 rings (SSSR count). The molecule has 1 saturated carbocycles. The van der Waals surface area contributed by atoms with Crippen molar-refractivity contribution >= 4 is 45.6 Å². The fraction of sp³-hybridized carbons (Fsp3) is 0.450. The molecule has 1 aromatic carbocycles. The van der Waals surface area contributed by atoms with Crippen molar-refractivity contribution < 1.29 is 14.3 Å². The highest BCUT2D eigenvalue weighted by Crippen LogP contribution is 2.52. The smallest absolute Gasteiger partial charge is 0.254 e. The van der Waals surface area contributed by atoms with Gasteiger partial charge < -0.3 is 4.74 Å². The number of fused-ring (bicyclic) bond motifs is 5. The van der Waals surface area contributed by atoms with Crippen LogP contribution in [0.2, 0.25) is 5.02 Å². The van der Waals surface area contributed by atoms with Crippen molar-refractivity contribution in [1.29, 1.82) is 0 Å². The van der Waals surface area contributed by atoms with E-state index in [1.165, 1.54) is 6.21 Å². The summed E-state index contributed by atoms with van der Waals surface area (Å²) in [7, 11) is 0. The van der Waals surface area contributed by atoms with Crippen molar-refractivity contribution in [2.75, 3.05) is 0 Å². The highest BCUT2D eigenvalue weighted by atomic mass is 79.9. The Morgan fingerprint density at radius 3 is 2.33 bits per heavy atom. The molecule has 1 aromatic rings. The van der Waals surface area contributed by atoms with E-state index in [1.807, 2.05) is 20.8 Å². The van der Waals surface area contributed by atoms with Gasteiger partial charge >= 0.3 is 0 Å². The average molecular weight is 452 g/mol. The van der Waals surface area contributed by atoms with E-state index < -0.39 is 5.60 Å². The first-order valence-corrected chi connectivity index (χ1v) is 10.1. The summed E-state index contributed by atoms with van der Waals surface area (Å²) in [4.78, 5) is 25.5. The molecule has 0 aromatic heterocycles. The van der Waals surface area contributed by atoms with Gasteiger partial charge in [0.05, 0.1) is 22.5 Å². The van der Waals surface area contributed by atoms with Crippen LogP contribution in [0.3, 0.4) is 0 Å². The van der Waals surface area contributed by atoms with Crippen LogP contribution in [0, 0.1) is 23.7 Å². The molecule has 1 heterocycles. The molecule has 0 radical (unpaired) electrons. The van der Waals surface area contributed by atoms with Gasteiger partial charge in [-0.15, -0.1) is 0 Å². The average Bonchev–Trinajstić information content (AvgIpc) is 3.23. The number of nitrogens with zero attached hydrogens (tertiary/aromatic N) is 2. The summed E-state index contributed by atoms with van der Waals surface area (Å²) in [6, 6.07) is 3.44. The van der Waals surface area contributed by atoms with E-state index in [0.29, 0.717) is 20.8 Å². The van der Waals surface area contributed by atoms with Gasteiger partial charge in [0, 0.05) is 10.6 Å². The zero-order chi connectivity index (χ0) is 19.5. The number of ether oxygens (including phenoxy) is 1. The van der Waals surface area contributed by atoms with Crippen molar-refractivity contribution in [3.8, 4) is 5.75 Å². The van der Waals surface area contributed by atoms with Crippen LogP contribution < -0.4 is 4.74 Å². The molecule has 1 saturated heterocycles. The summed E-state index contributed by atoms with van der Waals surface area (Å²) in [6.45, 7) is 5.81. The van der Waals surface area contributed by atoms with Gasteiger partial charge in [-0.25, -0.2) is 0 Å². The number of carbonyl (C=O) groups excluding carboxylic acids is 2. The summed E-state index contributed by atoms with van der Waals surface area (Å²) in [5.74, 6) is -0.0535. The van der Waals surface area contributed by atoms with Crippen LogP contribution in [0.1, 0.15) is 32.8 Å². The van der Waals surface area contributed by atoms with Crippen LogP contribution in [-0.4, -0.2) is 28.6 Å². The second-order valence-electron chi connectivity index (χ2n) is 8.25. The maximum absolute atomic E-state index is 12.7. The predicted octanol–water partition coefficient (Wildman–Crippen LogP) is 4.42. The van der Waals surface area contributed by atoms with Crippen LogP contribution in [0.5, 0.6) is 5.75 Å². The molecule has 1 aliphatic heterocycles. The van der Waals surface area contributed by atoms with E-state index in [0.717, 1.165) is 11.4 Å². The molecule has 7 heteroatoms. The van der Waals surface area contributed by atoms with E-state index in [2.05, 4.69) is 33.2 Å². The SMILES string of the molecule is CC(C)(C)Oc1c(Br)cc(Cl)cc1C=NN1C(=O)[C@@H]2[C@H](C1=O)[C@H]1C=C[C@H]2C1. The monoisotopic (exact) mass is 450 g/mol. The molecule has 2 fully saturated rings. The van der Waals surface area contributed by atoms with Crippen LogP contribution in [0.25, 0.3) is 0 Å². The molecule has 0 N–H and O–H groups in total. The van der Waals surface area contributed by atoms with E-state index in [9.17, 15) is 9.59 Å². The Kier molecular flexibility index (Phi) is 4.47. The Balaban J connectivity index is 1.64. The lowest BCUT2D eigenvalue weighted by atomic mass is 9.85. The molecule has 0 unspecified atom stereocenters. The van der Waals surface area contributed by atoms with Gasteiger partial charge in [0.25, 0.3) is 11.8 Å². The number of benzene rings is 1. The molecule has 2 bridgehead atoms. The number of amides is 2. The maximum Gasteiger partial charge on any atom is 0.254 e. The quantitative estimate of drug-likeness (QED) is 0.388. The number of allylic oxidation sites excluding steroid dienone is 2. The first-order valence-electron chi connectivity index (χ1n) is 8.94. The summed E-state index contributed by atoms with van der Waals surface area (Å²) < 4.78 is 6.70. The minimum atomic E-state index is -0.430. The minimum Gasteiger partial charge on any atom is -0.486 e. The number of carbonyl (C=O) groups is 2. The Morgan fingerprint density at radius 2 is 1.78 bits per heavy atom. The lowest BCUT2D eigenvalue weighted by molar-refractivity contribution is -0.140. The summed E-state index contributed by atoms with van der Waals surface area (Å²) in [5.41, 5.74) is 0.170. The topological polar surface area (TPSA) is 59.0 Å². The van der Waals surface area contributed by atoms with Crippen molar-refractivity contribution in [3.05, 3.63) is 39.3 Å².